The van der Waals surface area contributed by atoms with Crippen LogP contribution in [0.4, 0.5) is 5.69 Å². The van der Waals surface area contributed by atoms with Crippen LogP contribution in [0.1, 0.15) is 37.0 Å². The van der Waals surface area contributed by atoms with Crippen molar-refractivity contribution >= 4 is 33.0 Å². The minimum Gasteiger partial charge on any atom is -0.352 e. The van der Waals surface area contributed by atoms with Gasteiger partial charge in [0.2, 0.25) is 0 Å². The molecule has 1 fully saturated rings. The maximum atomic E-state index is 12.6. The Hall–Kier alpha value is -1.90. The molecule has 2 heterocycles. The molecule has 1 saturated heterocycles. The number of piperidine rings is 1. The van der Waals surface area contributed by atoms with Crippen LogP contribution in [-0.2, 0) is 10.0 Å². The van der Waals surface area contributed by atoms with Crippen molar-refractivity contribution in [1.29, 1.82) is 0 Å². The lowest BCUT2D eigenvalue weighted by atomic mass is 9.92. The quantitative estimate of drug-likeness (QED) is 0.625. The van der Waals surface area contributed by atoms with Crippen molar-refractivity contribution in [1.82, 2.24) is 10.2 Å². The van der Waals surface area contributed by atoms with E-state index in [1.54, 1.807) is 41.8 Å². The van der Waals surface area contributed by atoms with Crippen molar-refractivity contribution in [3.63, 3.8) is 0 Å². The van der Waals surface area contributed by atoms with Gasteiger partial charge in [-0.15, -0.1) is 11.3 Å². The monoisotopic (exact) mass is 449 g/mol. The van der Waals surface area contributed by atoms with E-state index in [0.717, 1.165) is 37.9 Å². The molecule has 2 aromatic rings. The van der Waals surface area contributed by atoms with Crippen LogP contribution in [0.25, 0.3) is 0 Å². The summed E-state index contributed by atoms with van der Waals surface area (Å²) in [7, 11) is -2.05. The number of hydrogen-bond acceptors (Lipinski definition) is 5. The van der Waals surface area contributed by atoms with Gasteiger partial charge >= 0.3 is 0 Å². The lowest BCUT2D eigenvalue weighted by Crippen LogP contribution is -2.40. The zero-order valence-corrected chi connectivity index (χ0v) is 19.5. The first kappa shape index (κ1) is 22.8. The first-order valence-corrected chi connectivity index (χ1v) is 12.7. The molecule has 0 spiro atoms. The summed E-state index contributed by atoms with van der Waals surface area (Å²) in [6, 6.07) is 9.96. The SMILES string of the molecule is C[C@@H]1C[C@@H](C)CN(CCCNC(=O)c2ccc(N(C)S(=O)(=O)c3cccs3)cc2)C1. The van der Waals surface area contributed by atoms with E-state index in [4.69, 9.17) is 0 Å². The van der Waals surface area contributed by atoms with Crippen LogP contribution >= 0.6 is 11.3 Å². The molecule has 0 radical (unpaired) electrons. The van der Waals surface area contributed by atoms with E-state index < -0.39 is 10.0 Å². The maximum absolute atomic E-state index is 12.6. The third-order valence-electron chi connectivity index (χ3n) is 5.48. The zero-order chi connectivity index (χ0) is 21.7. The van der Waals surface area contributed by atoms with Crippen molar-refractivity contribution in [2.75, 3.05) is 37.5 Å². The highest BCUT2D eigenvalue weighted by Crippen LogP contribution is 2.25. The van der Waals surface area contributed by atoms with E-state index >= 15 is 0 Å². The second kappa shape index (κ2) is 9.94. The average Bonchev–Trinajstić information content (AvgIpc) is 3.26. The standard InChI is InChI=1S/C22H31N3O3S2/c1-17-14-18(2)16-25(15-17)12-5-11-23-22(26)19-7-9-20(10-8-19)24(3)30(27,28)21-6-4-13-29-21/h4,6-10,13,17-18H,5,11-12,14-16H2,1-3H3,(H,23,26)/t17-,18-/m1/s1. The largest absolute Gasteiger partial charge is 0.352 e. The van der Waals surface area contributed by atoms with Crippen LogP contribution < -0.4 is 9.62 Å². The van der Waals surface area contributed by atoms with Gasteiger partial charge in [0.25, 0.3) is 15.9 Å². The molecule has 1 N–H and O–H groups in total. The highest BCUT2D eigenvalue weighted by atomic mass is 32.2. The molecule has 1 aliphatic rings. The number of carbonyl (C=O) groups excluding carboxylic acids is 1. The molecule has 6 nitrogen and oxygen atoms in total. The summed E-state index contributed by atoms with van der Waals surface area (Å²) in [5.74, 6) is 1.35. The van der Waals surface area contributed by atoms with Crippen molar-refractivity contribution in [3.8, 4) is 0 Å². The van der Waals surface area contributed by atoms with Gasteiger partial charge in [0.05, 0.1) is 5.69 Å². The molecule has 3 rings (SSSR count). The Labute approximate surface area is 183 Å². The Bertz CT molecular complexity index is 917. The van der Waals surface area contributed by atoms with E-state index in [2.05, 4.69) is 24.1 Å². The second-order valence-electron chi connectivity index (χ2n) is 8.27. The van der Waals surface area contributed by atoms with Crippen LogP contribution in [0.3, 0.4) is 0 Å². The van der Waals surface area contributed by atoms with Gasteiger partial charge in [0.1, 0.15) is 4.21 Å². The fourth-order valence-corrected chi connectivity index (χ4v) is 6.44. The fraction of sp³-hybridized carbons (Fsp3) is 0.500. The number of likely N-dealkylation sites (tertiary alicyclic amines) is 1. The molecule has 1 aromatic heterocycles. The van der Waals surface area contributed by atoms with E-state index in [0.29, 0.717) is 22.0 Å². The minimum absolute atomic E-state index is 0.134. The maximum Gasteiger partial charge on any atom is 0.273 e. The predicted octanol–water partition coefficient (Wildman–Crippen LogP) is 3.67. The number of hydrogen-bond donors (Lipinski definition) is 1. The Morgan fingerprint density at radius 2 is 1.83 bits per heavy atom. The summed E-state index contributed by atoms with van der Waals surface area (Å²) in [5.41, 5.74) is 1.05. The van der Waals surface area contributed by atoms with E-state index in [9.17, 15) is 13.2 Å². The molecule has 0 unspecified atom stereocenters. The third kappa shape index (κ3) is 5.62. The number of rotatable bonds is 8. The number of sulfonamides is 1. The van der Waals surface area contributed by atoms with Crippen molar-refractivity contribution in [2.45, 2.75) is 30.9 Å². The molecule has 0 aliphatic carbocycles. The zero-order valence-electron chi connectivity index (χ0n) is 17.9. The molecule has 0 saturated carbocycles. The van der Waals surface area contributed by atoms with Gasteiger partial charge in [0.15, 0.2) is 0 Å². The predicted molar refractivity (Wildman–Crippen MR) is 123 cm³/mol. The topological polar surface area (TPSA) is 69.7 Å². The molecule has 1 amide bonds. The minimum atomic E-state index is -3.57. The van der Waals surface area contributed by atoms with Gasteiger partial charge in [-0.3, -0.25) is 9.10 Å². The van der Waals surface area contributed by atoms with Gasteiger partial charge in [0, 0.05) is 32.2 Å². The number of anilines is 1. The summed E-state index contributed by atoms with van der Waals surface area (Å²) in [5, 5.41) is 4.70. The number of carbonyl (C=O) groups is 1. The van der Waals surface area contributed by atoms with Gasteiger partial charge in [-0.05, 0) is 66.9 Å². The molecule has 0 bridgehead atoms. The highest BCUT2D eigenvalue weighted by molar-refractivity contribution is 7.94. The van der Waals surface area contributed by atoms with E-state index in [-0.39, 0.29) is 5.91 Å². The Morgan fingerprint density at radius 1 is 1.17 bits per heavy atom. The molecule has 30 heavy (non-hydrogen) atoms. The van der Waals surface area contributed by atoms with E-state index in [1.807, 2.05) is 0 Å². The third-order valence-corrected chi connectivity index (χ3v) is 8.64. The summed E-state index contributed by atoms with van der Waals surface area (Å²) < 4.78 is 26.8. The van der Waals surface area contributed by atoms with Crippen LogP contribution in [0.15, 0.2) is 46.0 Å². The lowest BCUT2D eigenvalue weighted by molar-refractivity contribution is 0.0947. The molecule has 1 aromatic carbocycles. The van der Waals surface area contributed by atoms with E-state index in [1.165, 1.54) is 29.1 Å². The van der Waals surface area contributed by atoms with Crippen LogP contribution in [0.5, 0.6) is 0 Å². The Morgan fingerprint density at radius 3 is 2.43 bits per heavy atom. The molecular formula is C22H31N3O3S2. The highest BCUT2D eigenvalue weighted by Gasteiger charge is 2.23. The molecule has 164 valence electrons. The summed E-state index contributed by atoms with van der Waals surface area (Å²) >= 11 is 1.19. The molecule has 2 atom stereocenters. The smallest absolute Gasteiger partial charge is 0.273 e. The Kier molecular flexibility index (Phi) is 7.55. The number of thiophene rings is 1. The molecular weight excluding hydrogens is 418 g/mol. The number of nitrogens with one attached hydrogen (secondary N) is 1. The average molecular weight is 450 g/mol. The van der Waals surface area contributed by atoms with Gasteiger partial charge in [-0.2, -0.15) is 0 Å². The van der Waals surface area contributed by atoms with Gasteiger partial charge in [-0.1, -0.05) is 19.9 Å². The summed E-state index contributed by atoms with van der Waals surface area (Å²) in [4.78, 5) is 14.9. The van der Waals surface area contributed by atoms with Crippen LogP contribution in [0.2, 0.25) is 0 Å². The normalized spacial score (nSPS) is 20.1. The first-order valence-electron chi connectivity index (χ1n) is 10.4. The molecule has 1 aliphatic heterocycles. The van der Waals surface area contributed by atoms with Crippen molar-refractivity contribution < 1.29 is 13.2 Å². The van der Waals surface area contributed by atoms with Crippen LogP contribution in [-0.4, -0.2) is 52.5 Å². The van der Waals surface area contributed by atoms with Crippen LogP contribution in [0, 0.1) is 11.8 Å². The second-order valence-corrected chi connectivity index (χ2v) is 11.4. The lowest BCUT2D eigenvalue weighted by Gasteiger charge is -2.34. The number of nitrogens with zero attached hydrogens (tertiary/aromatic N) is 2. The number of amides is 1. The van der Waals surface area contributed by atoms with Crippen molar-refractivity contribution in [3.05, 3.63) is 47.3 Å². The molecule has 8 heteroatoms. The van der Waals surface area contributed by atoms with Gasteiger partial charge in [-0.25, -0.2) is 8.42 Å². The Balaban J connectivity index is 1.49. The first-order chi connectivity index (χ1) is 14.3. The summed E-state index contributed by atoms with van der Waals surface area (Å²) in [6.07, 6.45) is 2.22. The fourth-order valence-electron chi connectivity index (χ4n) is 4.09. The van der Waals surface area contributed by atoms with Crippen molar-refractivity contribution in [2.24, 2.45) is 11.8 Å². The summed E-state index contributed by atoms with van der Waals surface area (Å²) in [6.45, 7) is 8.52. The number of benzene rings is 1. The van der Waals surface area contributed by atoms with Gasteiger partial charge < -0.3 is 10.2 Å².